The van der Waals surface area contributed by atoms with Gasteiger partial charge in [0.1, 0.15) is 11.3 Å². The topological polar surface area (TPSA) is 51.9 Å². The summed E-state index contributed by atoms with van der Waals surface area (Å²) in [4.78, 5) is 14.7. The molecule has 0 unspecified atom stereocenters. The third-order valence-corrected chi connectivity index (χ3v) is 4.61. The molecule has 1 aliphatic heterocycles. The summed E-state index contributed by atoms with van der Waals surface area (Å²) in [5.41, 5.74) is 1.58. The Morgan fingerprint density at radius 2 is 2.25 bits per heavy atom. The number of nitrogens with zero attached hydrogens (tertiary/aromatic N) is 1. The lowest BCUT2D eigenvalue weighted by Gasteiger charge is -2.15. The minimum absolute atomic E-state index is 0.0272. The first-order chi connectivity index (χ1) is 11.6. The van der Waals surface area contributed by atoms with Gasteiger partial charge in [0.05, 0.1) is 13.7 Å². The average molecular weight is 331 g/mol. The lowest BCUT2D eigenvalue weighted by molar-refractivity contribution is 0.0727. The van der Waals surface area contributed by atoms with Gasteiger partial charge in [0.2, 0.25) is 0 Å². The number of benzene rings is 1. The van der Waals surface area contributed by atoms with E-state index in [0.717, 1.165) is 55.8 Å². The van der Waals surface area contributed by atoms with Crippen molar-refractivity contribution in [3.63, 3.8) is 0 Å². The minimum Gasteiger partial charge on any atom is -0.497 e. The van der Waals surface area contributed by atoms with Crippen LogP contribution >= 0.6 is 0 Å². The zero-order valence-electron chi connectivity index (χ0n) is 14.6. The highest BCUT2D eigenvalue weighted by Crippen LogP contribution is 2.30. The zero-order chi connectivity index (χ0) is 17.1. The Labute approximate surface area is 142 Å². The van der Waals surface area contributed by atoms with Crippen molar-refractivity contribution in [2.24, 2.45) is 5.92 Å². The molecule has 1 aromatic carbocycles. The summed E-state index contributed by atoms with van der Waals surface area (Å²) in [6.07, 6.45) is 2.01. The van der Waals surface area contributed by atoms with Crippen molar-refractivity contribution in [1.82, 2.24) is 4.90 Å². The molecule has 1 aliphatic rings. The molecule has 0 N–H and O–H groups in total. The number of aryl methyl sites for hydroxylation is 1. The van der Waals surface area contributed by atoms with Gasteiger partial charge in [-0.25, -0.2) is 0 Å². The van der Waals surface area contributed by atoms with Gasteiger partial charge in [-0.15, -0.1) is 0 Å². The average Bonchev–Trinajstić information content (AvgIpc) is 3.19. The third-order valence-electron chi connectivity index (χ3n) is 4.61. The minimum atomic E-state index is -0.0272. The number of hydrogen-bond acceptors (Lipinski definition) is 4. The van der Waals surface area contributed by atoms with Crippen molar-refractivity contribution < 1.29 is 18.7 Å². The Kier molecular flexibility index (Phi) is 5.09. The molecular formula is C19H25NO4. The largest absolute Gasteiger partial charge is 0.497 e. The van der Waals surface area contributed by atoms with Gasteiger partial charge < -0.3 is 18.8 Å². The first kappa shape index (κ1) is 16.8. The Morgan fingerprint density at radius 3 is 3.00 bits per heavy atom. The molecule has 2 aromatic rings. The second-order valence-corrected chi connectivity index (χ2v) is 6.40. The lowest BCUT2D eigenvalue weighted by atomic mass is 10.1. The molecule has 0 spiro atoms. The van der Waals surface area contributed by atoms with E-state index in [2.05, 4.69) is 6.92 Å². The van der Waals surface area contributed by atoms with E-state index in [-0.39, 0.29) is 5.91 Å². The summed E-state index contributed by atoms with van der Waals surface area (Å²) in [7, 11) is 1.62. The summed E-state index contributed by atoms with van der Waals surface area (Å²) in [5, 5.41) is 0.959. The van der Waals surface area contributed by atoms with Gasteiger partial charge in [-0.3, -0.25) is 4.79 Å². The molecule has 1 aromatic heterocycles. The van der Waals surface area contributed by atoms with Crippen LogP contribution in [0.5, 0.6) is 5.75 Å². The fraction of sp³-hybridized carbons (Fsp3) is 0.526. The van der Waals surface area contributed by atoms with Crippen molar-refractivity contribution in [1.29, 1.82) is 0 Å². The van der Waals surface area contributed by atoms with Gasteiger partial charge >= 0.3 is 0 Å². The summed E-state index contributed by atoms with van der Waals surface area (Å²) >= 11 is 0. The molecule has 5 nitrogen and oxygen atoms in total. The van der Waals surface area contributed by atoms with E-state index in [9.17, 15) is 4.79 Å². The normalized spacial score (nSPS) is 17.6. The number of likely N-dealkylation sites (tertiary alicyclic amines) is 1. The van der Waals surface area contributed by atoms with Crippen LogP contribution in [0.15, 0.2) is 22.6 Å². The number of ether oxygens (including phenoxy) is 2. The predicted molar refractivity (Wildman–Crippen MR) is 92.6 cm³/mol. The van der Waals surface area contributed by atoms with E-state index < -0.39 is 0 Å². The SMILES string of the molecule is CCCOC[C@H]1CCN(C(=O)c2oc3cc(OC)ccc3c2C)C1. The van der Waals surface area contributed by atoms with Crippen molar-refractivity contribution >= 4 is 16.9 Å². The first-order valence-electron chi connectivity index (χ1n) is 8.58. The fourth-order valence-electron chi connectivity index (χ4n) is 3.23. The standard InChI is InChI=1S/C19H25NO4/c1-4-9-23-12-14-7-8-20(11-14)19(21)18-13(2)16-6-5-15(22-3)10-17(16)24-18/h5-6,10,14H,4,7-9,11-12H2,1-3H3/t14-/m0/s1. The smallest absolute Gasteiger partial charge is 0.289 e. The molecule has 2 heterocycles. The van der Waals surface area contributed by atoms with Gasteiger partial charge in [0.25, 0.3) is 5.91 Å². The number of hydrogen-bond donors (Lipinski definition) is 0. The van der Waals surface area contributed by atoms with Crippen LogP contribution in [0, 0.1) is 12.8 Å². The highest BCUT2D eigenvalue weighted by atomic mass is 16.5. The maximum absolute atomic E-state index is 12.8. The van der Waals surface area contributed by atoms with Crippen LogP contribution in [0.25, 0.3) is 11.0 Å². The summed E-state index contributed by atoms with van der Waals surface area (Å²) in [5.74, 6) is 1.56. The van der Waals surface area contributed by atoms with Crippen LogP contribution in [0.2, 0.25) is 0 Å². The molecule has 0 bridgehead atoms. The van der Waals surface area contributed by atoms with E-state index in [0.29, 0.717) is 17.3 Å². The van der Waals surface area contributed by atoms with Crippen molar-refractivity contribution in [2.45, 2.75) is 26.7 Å². The van der Waals surface area contributed by atoms with Gasteiger partial charge in [0.15, 0.2) is 5.76 Å². The molecule has 1 atom stereocenters. The number of rotatable bonds is 6. The van der Waals surface area contributed by atoms with Crippen molar-refractivity contribution in [2.75, 3.05) is 33.4 Å². The maximum atomic E-state index is 12.8. The van der Waals surface area contributed by atoms with Crippen LogP contribution in [-0.4, -0.2) is 44.2 Å². The van der Waals surface area contributed by atoms with Gasteiger partial charge in [-0.2, -0.15) is 0 Å². The number of carbonyl (C=O) groups excluding carboxylic acids is 1. The molecular weight excluding hydrogens is 306 g/mol. The number of methoxy groups -OCH3 is 1. The van der Waals surface area contributed by atoms with E-state index in [1.165, 1.54) is 0 Å². The summed E-state index contributed by atoms with van der Waals surface area (Å²) in [6, 6.07) is 5.65. The molecule has 0 saturated carbocycles. The quantitative estimate of drug-likeness (QED) is 0.758. The molecule has 5 heteroatoms. The van der Waals surface area contributed by atoms with Crippen LogP contribution < -0.4 is 4.74 Å². The van der Waals surface area contributed by atoms with Crippen LogP contribution in [0.1, 0.15) is 35.9 Å². The molecule has 1 saturated heterocycles. The molecule has 24 heavy (non-hydrogen) atoms. The molecule has 1 amide bonds. The lowest BCUT2D eigenvalue weighted by Crippen LogP contribution is -2.29. The highest BCUT2D eigenvalue weighted by Gasteiger charge is 2.30. The number of amides is 1. The summed E-state index contributed by atoms with van der Waals surface area (Å²) in [6.45, 7) is 7.05. The van der Waals surface area contributed by atoms with Gasteiger partial charge in [0, 0.05) is 42.6 Å². The summed E-state index contributed by atoms with van der Waals surface area (Å²) < 4.78 is 16.7. The Morgan fingerprint density at radius 1 is 1.42 bits per heavy atom. The predicted octanol–water partition coefficient (Wildman–Crippen LogP) is 3.64. The van der Waals surface area contributed by atoms with Crippen LogP contribution in [-0.2, 0) is 4.74 Å². The number of fused-ring (bicyclic) bond motifs is 1. The van der Waals surface area contributed by atoms with Gasteiger partial charge in [-0.1, -0.05) is 6.92 Å². The van der Waals surface area contributed by atoms with E-state index in [1.54, 1.807) is 7.11 Å². The van der Waals surface area contributed by atoms with Crippen LogP contribution in [0.3, 0.4) is 0 Å². The maximum Gasteiger partial charge on any atom is 0.289 e. The Balaban J connectivity index is 1.73. The number of carbonyl (C=O) groups is 1. The first-order valence-corrected chi connectivity index (χ1v) is 8.58. The fourth-order valence-corrected chi connectivity index (χ4v) is 3.23. The van der Waals surface area contributed by atoms with Crippen LogP contribution in [0.4, 0.5) is 0 Å². The second-order valence-electron chi connectivity index (χ2n) is 6.40. The molecule has 130 valence electrons. The molecule has 0 radical (unpaired) electrons. The van der Waals surface area contributed by atoms with E-state index in [1.807, 2.05) is 30.0 Å². The zero-order valence-corrected chi connectivity index (χ0v) is 14.6. The van der Waals surface area contributed by atoms with E-state index in [4.69, 9.17) is 13.9 Å². The van der Waals surface area contributed by atoms with E-state index >= 15 is 0 Å². The molecule has 3 rings (SSSR count). The Hall–Kier alpha value is -2.01. The van der Waals surface area contributed by atoms with Crippen molar-refractivity contribution in [3.05, 3.63) is 29.5 Å². The Bertz CT molecular complexity index is 721. The van der Waals surface area contributed by atoms with Crippen molar-refractivity contribution in [3.8, 4) is 5.75 Å². The number of furan rings is 1. The monoisotopic (exact) mass is 331 g/mol. The molecule has 1 fully saturated rings. The second kappa shape index (κ2) is 7.26. The molecule has 0 aliphatic carbocycles. The third kappa shape index (κ3) is 3.26. The van der Waals surface area contributed by atoms with Gasteiger partial charge in [-0.05, 0) is 31.9 Å². The highest BCUT2D eigenvalue weighted by molar-refractivity contribution is 5.99.